The molecule has 0 aromatic heterocycles. The van der Waals surface area contributed by atoms with Crippen LogP contribution in [0.4, 0.5) is 0 Å². The molecule has 4 heteroatoms. The van der Waals surface area contributed by atoms with Crippen molar-refractivity contribution >= 4 is 11.7 Å². The number of Topliss-reactive ketones (excluding diaryl/α,β-unsaturated/α-hetero) is 1. The summed E-state index contributed by atoms with van der Waals surface area (Å²) >= 11 is 0. The summed E-state index contributed by atoms with van der Waals surface area (Å²) in [5.41, 5.74) is 1.05. The fourth-order valence-corrected chi connectivity index (χ4v) is 6.38. The van der Waals surface area contributed by atoms with Crippen LogP contribution in [-0.2, 0) is 4.79 Å². The third-order valence-corrected chi connectivity index (χ3v) is 7.46. The van der Waals surface area contributed by atoms with Crippen LogP contribution in [0.15, 0.2) is 24.3 Å². The highest BCUT2D eigenvalue weighted by Gasteiger charge is 2.53. The van der Waals surface area contributed by atoms with E-state index in [4.69, 9.17) is 4.74 Å². The highest BCUT2D eigenvalue weighted by atomic mass is 16.5. The molecule has 4 aliphatic carbocycles. The summed E-state index contributed by atoms with van der Waals surface area (Å²) in [5.74, 6) is 3.68. The molecule has 5 rings (SSSR count). The molecule has 152 valence electrons. The maximum atomic E-state index is 12.5. The highest BCUT2D eigenvalue weighted by Crippen LogP contribution is 2.61. The van der Waals surface area contributed by atoms with E-state index < -0.39 is 0 Å². The Balaban J connectivity index is 1.20. The summed E-state index contributed by atoms with van der Waals surface area (Å²) in [6.07, 6.45) is 9.47. The van der Waals surface area contributed by atoms with Crippen molar-refractivity contribution < 1.29 is 14.3 Å². The Morgan fingerprint density at radius 3 is 2.18 bits per heavy atom. The summed E-state index contributed by atoms with van der Waals surface area (Å²) in [6.45, 7) is 4.30. The lowest BCUT2D eigenvalue weighted by Crippen LogP contribution is -2.55. The predicted molar refractivity (Wildman–Crippen MR) is 109 cm³/mol. The second kappa shape index (κ2) is 7.88. The number of nitrogens with one attached hydrogen (secondary N) is 1. The fourth-order valence-electron chi connectivity index (χ4n) is 6.38. The third kappa shape index (κ3) is 4.11. The van der Waals surface area contributed by atoms with Crippen molar-refractivity contribution in [2.75, 3.05) is 6.61 Å². The van der Waals surface area contributed by atoms with Gasteiger partial charge in [0.2, 0.25) is 5.91 Å². The number of benzene rings is 1. The van der Waals surface area contributed by atoms with Crippen LogP contribution in [0.2, 0.25) is 0 Å². The second-order valence-electron chi connectivity index (χ2n) is 9.60. The quantitative estimate of drug-likeness (QED) is 0.520. The SMILES string of the molecule is CC(=O)c1ccc(OCCCC(=O)N[C@@H](C)C23CC4CC(CC(C4)C2)C3)cc1. The number of carbonyl (C=O) groups excluding carboxylic acids is 2. The molecule has 4 aliphatic rings. The molecule has 1 amide bonds. The number of amides is 1. The molecule has 28 heavy (non-hydrogen) atoms. The monoisotopic (exact) mass is 383 g/mol. The van der Waals surface area contributed by atoms with Gasteiger partial charge in [-0.25, -0.2) is 0 Å². The van der Waals surface area contributed by atoms with Gasteiger partial charge in [-0.15, -0.1) is 0 Å². The van der Waals surface area contributed by atoms with Crippen LogP contribution in [0.1, 0.15) is 75.6 Å². The van der Waals surface area contributed by atoms with Crippen LogP contribution in [0.25, 0.3) is 0 Å². The van der Waals surface area contributed by atoms with Gasteiger partial charge in [-0.05, 0) is 106 Å². The Bertz CT molecular complexity index is 689. The first-order valence-electron chi connectivity index (χ1n) is 11.0. The lowest BCUT2D eigenvalue weighted by Gasteiger charge is -2.59. The lowest BCUT2D eigenvalue weighted by molar-refractivity contribution is -0.126. The molecular weight excluding hydrogens is 350 g/mol. The van der Waals surface area contributed by atoms with E-state index in [0.29, 0.717) is 30.4 Å². The molecule has 0 unspecified atom stereocenters. The van der Waals surface area contributed by atoms with E-state index in [1.165, 1.54) is 38.5 Å². The number of carbonyl (C=O) groups is 2. The van der Waals surface area contributed by atoms with Gasteiger partial charge in [-0.2, -0.15) is 0 Å². The van der Waals surface area contributed by atoms with E-state index in [1.807, 2.05) is 12.1 Å². The molecule has 1 N–H and O–H groups in total. The molecule has 0 heterocycles. The van der Waals surface area contributed by atoms with Gasteiger partial charge in [-0.3, -0.25) is 9.59 Å². The van der Waals surface area contributed by atoms with Crippen LogP contribution in [0, 0.1) is 23.2 Å². The van der Waals surface area contributed by atoms with Crippen LogP contribution >= 0.6 is 0 Å². The van der Waals surface area contributed by atoms with Gasteiger partial charge in [0, 0.05) is 18.0 Å². The summed E-state index contributed by atoms with van der Waals surface area (Å²) in [5, 5.41) is 3.32. The third-order valence-electron chi connectivity index (χ3n) is 7.46. The summed E-state index contributed by atoms with van der Waals surface area (Å²) in [6, 6.07) is 7.46. The minimum Gasteiger partial charge on any atom is -0.494 e. The molecule has 0 aliphatic heterocycles. The summed E-state index contributed by atoms with van der Waals surface area (Å²) in [7, 11) is 0. The molecule has 1 aromatic carbocycles. The second-order valence-corrected chi connectivity index (χ2v) is 9.60. The first-order valence-corrected chi connectivity index (χ1v) is 11.0. The van der Waals surface area contributed by atoms with Crippen LogP contribution in [0.5, 0.6) is 5.75 Å². The molecule has 4 fully saturated rings. The summed E-state index contributed by atoms with van der Waals surface area (Å²) in [4.78, 5) is 23.8. The maximum absolute atomic E-state index is 12.5. The molecule has 0 spiro atoms. The Morgan fingerprint density at radius 1 is 1.07 bits per heavy atom. The van der Waals surface area contributed by atoms with Crippen LogP contribution in [0.3, 0.4) is 0 Å². The standard InChI is InChI=1S/C24H33NO3/c1-16(26)21-5-7-22(8-6-21)28-9-3-4-23(27)25-17(2)24-13-18-10-19(14-24)12-20(11-18)15-24/h5-8,17-20H,3-4,9-15H2,1-2H3,(H,25,27)/t17-,18?,19?,20?,24?/m0/s1. The molecule has 1 atom stereocenters. The molecule has 4 nitrogen and oxygen atoms in total. The first-order chi connectivity index (χ1) is 13.4. The van der Waals surface area contributed by atoms with Crippen molar-refractivity contribution in [2.24, 2.45) is 23.2 Å². The molecule has 4 bridgehead atoms. The minimum absolute atomic E-state index is 0.0522. The van der Waals surface area contributed by atoms with E-state index in [9.17, 15) is 9.59 Å². The van der Waals surface area contributed by atoms with Gasteiger partial charge >= 0.3 is 0 Å². The normalized spacial score (nSPS) is 31.4. The molecular formula is C24H33NO3. The van der Waals surface area contributed by atoms with E-state index in [1.54, 1.807) is 19.1 Å². The van der Waals surface area contributed by atoms with E-state index >= 15 is 0 Å². The fraction of sp³-hybridized carbons (Fsp3) is 0.667. The number of hydrogen-bond acceptors (Lipinski definition) is 3. The first kappa shape index (κ1) is 19.5. The average Bonchev–Trinajstić information content (AvgIpc) is 2.64. The van der Waals surface area contributed by atoms with Crippen LogP contribution in [-0.4, -0.2) is 24.3 Å². The van der Waals surface area contributed by atoms with Crippen molar-refractivity contribution in [3.63, 3.8) is 0 Å². The zero-order chi connectivity index (χ0) is 19.7. The Labute approximate surface area is 168 Å². The van der Waals surface area contributed by atoms with Crippen molar-refractivity contribution in [3.8, 4) is 5.75 Å². The molecule has 0 radical (unpaired) electrons. The highest BCUT2D eigenvalue weighted by molar-refractivity contribution is 5.94. The zero-order valence-electron chi connectivity index (χ0n) is 17.2. The molecule has 1 aromatic rings. The minimum atomic E-state index is 0.0522. The Hall–Kier alpha value is -1.84. The van der Waals surface area contributed by atoms with Gasteiger partial charge in [-0.1, -0.05) is 0 Å². The maximum Gasteiger partial charge on any atom is 0.220 e. The average molecular weight is 384 g/mol. The van der Waals surface area contributed by atoms with Gasteiger partial charge in [0.05, 0.1) is 6.61 Å². The van der Waals surface area contributed by atoms with Crippen molar-refractivity contribution in [1.82, 2.24) is 5.32 Å². The van der Waals surface area contributed by atoms with E-state index in [0.717, 1.165) is 23.5 Å². The number of rotatable bonds is 8. The van der Waals surface area contributed by atoms with Gasteiger partial charge in [0.1, 0.15) is 5.75 Å². The van der Waals surface area contributed by atoms with Gasteiger partial charge in [0.15, 0.2) is 5.78 Å². The van der Waals surface area contributed by atoms with E-state index in [2.05, 4.69) is 12.2 Å². The van der Waals surface area contributed by atoms with Gasteiger partial charge in [0.25, 0.3) is 0 Å². The largest absolute Gasteiger partial charge is 0.494 e. The smallest absolute Gasteiger partial charge is 0.220 e. The number of hydrogen-bond donors (Lipinski definition) is 1. The van der Waals surface area contributed by atoms with Crippen molar-refractivity contribution in [2.45, 2.75) is 71.3 Å². The topological polar surface area (TPSA) is 55.4 Å². The zero-order valence-corrected chi connectivity index (χ0v) is 17.2. The Morgan fingerprint density at radius 2 is 1.64 bits per heavy atom. The molecule has 4 saturated carbocycles. The summed E-state index contributed by atoms with van der Waals surface area (Å²) < 4.78 is 5.71. The van der Waals surface area contributed by atoms with Gasteiger partial charge < -0.3 is 10.1 Å². The Kier molecular flexibility index (Phi) is 5.48. The lowest BCUT2D eigenvalue weighted by atomic mass is 9.48. The van der Waals surface area contributed by atoms with E-state index in [-0.39, 0.29) is 17.7 Å². The predicted octanol–water partition coefficient (Wildman–Crippen LogP) is 4.77. The molecule has 0 saturated heterocycles. The van der Waals surface area contributed by atoms with Crippen molar-refractivity contribution in [3.05, 3.63) is 29.8 Å². The number of ketones is 1. The van der Waals surface area contributed by atoms with Crippen molar-refractivity contribution in [1.29, 1.82) is 0 Å². The van der Waals surface area contributed by atoms with Crippen LogP contribution < -0.4 is 10.1 Å². The number of ether oxygens (including phenoxy) is 1.